The number of carbonyl (C=O) groups is 1. The average molecular weight is 266 g/mol. The smallest absolute Gasteiger partial charge is 0.238 e. The Hall–Kier alpha value is -1.43. The molecular formula is C14H22N2O3. The Kier molecular flexibility index (Phi) is 7.81. The zero-order valence-electron chi connectivity index (χ0n) is 11.6. The van der Waals surface area contributed by atoms with Crippen LogP contribution in [-0.2, 0) is 20.9 Å². The fourth-order valence-electron chi connectivity index (χ4n) is 1.51. The van der Waals surface area contributed by atoms with Gasteiger partial charge in [-0.25, -0.2) is 0 Å². The van der Waals surface area contributed by atoms with Gasteiger partial charge in [-0.1, -0.05) is 19.1 Å². The predicted molar refractivity (Wildman–Crippen MR) is 75.1 cm³/mol. The van der Waals surface area contributed by atoms with Crippen molar-refractivity contribution in [3.63, 3.8) is 0 Å². The summed E-state index contributed by atoms with van der Waals surface area (Å²) in [4.78, 5) is 11.6. The molecule has 1 aromatic rings. The molecule has 2 N–H and O–H groups in total. The molecule has 0 aliphatic rings. The Balaban J connectivity index is 2.40. The molecule has 0 aromatic heterocycles. The Morgan fingerprint density at radius 1 is 1.32 bits per heavy atom. The Labute approximate surface area is 114 Å². The highest BCUT2D eigenvalue weighted by Gasteiger charge is 2.02. The van der Waals surface area contributed by atoms with Gasteiger partial charge in [0.2, 0.25) is 5.91 Å². The van der Waals surface area contributed by atoms with E-state index in [2.05, 4.69) is 10.6 Å². The summed E-state index contributed by atoms with van der Waals surface area (Å²) in [5.41, 5.74) is 1.81. The quantitative estimate of drug-likeness (QED) is 0.663. The highest BCUT2D eigenvalue weighted by Crippen LogP contribution is 2.11. The van der Waals surface area contributed by atoms with Gasteiger partial charge in [-0.15, -0.1) is 0 Å². The average Bonchev–Trinajstić information content (AvgIpc) is 2.42. The molecule has 0 aliphatic carbocycles. The molecule has 0 spiro atoms. The maximum absolute atomic E-state index is 11.6. The lowest BCUT2D eigenvalue weighted by atomic mass is 10.2. The number of carbonyl (C=O) groups excluding carboxylic acids is 1. The van der Waals surface area contributed by atoms with Crippen molar-refractivity contribution in [2.24, 2.45) is 0 Å². The number of hydrogen-bond donors (Lipinski definition) is 2. The number of benzene rings is 1. The van der Waals surface area contributed by atoms with Crippen LogP contribution in [0.15, 0.2) is 24.3 Å². The van der Waals surface area contributed by atoms with Gasteiger partial charge >= 0.3 is 0 Å². The van der Waals surface area contributed by atoms with Crippen LogP contribution in [-0.4, -0.2) is 39.3 Å². The van der Waals surface area contributed by atoms with Gasteiger partial charge in [0.25, 0.3) is 0 Å². The maximum atomic E-state index is 11.6. The molecule has 5 heteroatoms. The molecule has 1 aromatic carbocycles. The first-order valence-corrected chi connectivity index (χ1v) is 6.42. The number of amides is 1. The number of hydrogen-bond acceptors (Lipinski definition) is 4. The fourth-order valence-corrected chi connectivity index (χ4v) is 1.51. The van der Waals surface area contributed by atoms with Crippen LogP contribution in [0.2, 0.25) is 0 Å². The third-order valence-electron chi connectivity index (χ3n) is 2.45. The number of likely N-dealkylation sites (N-methyl/N-ethyl adjacent to an activating group) is 1. The van der Waals surface area contributed by atoms with Crippen LogP contribution >= 0.6 is 0 Å². The molecule has 0 unspecified atom stereocenters. The van der Waals surface area contributed by atoms with E-state index in [0.717, 1.165) is 17.8 Å². The minimum atomic E-state index is -0.0423. The molecule has 0 heterocycles. The molecule has 0 saturated heterocycles. The molecular weight excluding hydrogens is 244 g/mol. The summed E-state index contributed by atoms with van der Waals surface area (Å²) in [5, 5.41) is 5.82. The van der Waals surface area contributed by atoms with Gasteiger partial charge in [0.15, 0.2) is 0 Å². The molecule has 1 rings (SSSR count). The van der Waals surface area contributed by atoms with Gasteiger partial charge in [0.1, 0.15) is 0 Å². The van der Waals surface area contributed by atoms with Crippen molar-refractivity contribution in [2.45, 2.75) is 13.5 Å². The molecule has 0 atom stereocenters. The van der Waals surface area contributed by atoms with Gasteiger partial charge in [-0.3, -0.25) is 4.79 Å². The summed E-state index contributed by atoms with van der Waals surface area (Å²) in [6.07, 6.45) is 0. The van der Waals surface area contributed by atoms with Crippen LogP contribution in [0.4, 0.5) is 5.69 Å². The monoisotopic (exact) mass is 266 g/mol. The summed E-state index contributed by atoms with van der Waals surface area (Å²) >= 11 is 0. The lowest BCUT2D eigenvalue weighted by Crippen LogP contribution is -2.27. The van der Waals surface area contributed by atoms with Gasteiger partial charge in [-0.2, -0.15) is 0 Å². The van der Waals surface area contributed by atoms with E-state index in [4.69, 9.17) is 9.47 Å². The summed E-state index contributed by atoms with van der Waals surface area (Å²) in [7, 11) is 1.64. The number of ether oxygens (including phenoxy) is 2. The van der Waals surface area contributed by atoms with E-state index >= 15 is 0 Å². The Morgan fingerprint density at radius 2 is 2.16 bits per heavy atom. The molecule has 0 fully saturated rings. The summed E-state index contributed by atoms with van der Waals surface area (Å²) in [5.74, 6) is -0.0423. The first-order valence-electron chi connectivity index (χ1n) is 6.42. The number of anilines is 1. The first kappa shape index (κ1) is 15.6. The summed E-state index contributed by atoms with van der Waals surface area (Å²) < 4.78 is 10.3. The van der Waals surface area contributed by atoms with Crippen LogP contribution in [0.25, 0.3) is 0 Å². The van der Waals surface area contributed by atoms with E-state index in [1.165, 1.54) is 0 Å². The van der Waals surface area contributed by atoms with Crippen molar-refractivity contribution in [3.05, 3.63) is 29.8 Å². The van der Waals surface area contributed by atoms with Crippen LogP contribution < -0.4 is 10.6 Å². The zero-order valence-corrected chi connectivity index (χ0v) is 11.6. The van der Waals surface area contributed by atoms with Crippen molar-refractivity contribution in [2.75, 3.05) is 38.7 Å². The van der Waals surface area contributed by atoms with Gasteiger partial charge in [-0.05, 0) is 24.2 Å². The topological polar surface area (TPSA) is 59.6 Å². The van der Waals surface area contributed by atoms with Gasteiger partial charge in [0.05, 0.1) is 26.4 Å². The SMILES string of the molecule is CCNCC(=O)Nc1cccc(COCCOC)c1. The second-order valence-electron chi connectivity index (χ2n) is 4.07. The molecule has 0 bridgehead atoms. The van der Waals surface area contributed by atoms with Crippen LogP contribution in [0, 0.1) is 0 Å². The Morgan fingerprint density at radius 3 is 2.89 bits per heavy atom. The molecule has 19 heavy (non-hydrogen) atoms. The third-order valence-corrected chi connectivity index (χ3v) is 2.45. The van der Waals surface area contributed by atoms with Crippen molar-refractivity contribution in [1.82, 2.24) is 5.32 Å². The fraction of sp³-hybridized carbons (Fsp3) is 0.500. The minimum absolute atomic E-state index is 0.0423. The van der Waals surface area contributed by atoms with Crippen molar-refractivity contribution >= 4 is 11.6 Å². The largest absolute Gasteiger partial charge is 0.382 e. The summed E-state index contributed by atoms with van der Waals surface area (Å²) in [6.45, 7) is 4.73. The highest BCUT2D eigenvalue weighted by molar-refractivity contribution is 5.92. The normalized spacial score (nSPS) is 10.4. The Bertz CT molecular complexity index is 383. The van der Waals surface area contributed by atoms with E-state index < -0.39 is 0 Å². The van der Waals surface area contributed by atoms with Crippen molar-refractivity contribution < 1.29 is 14.3 Å². The molecule has 0 saturated carbocycles. The lowest BCUT2D eigenvalue weighted by Gasteiger charge is -2.08. The third kappa shape index (κ3) is 6.91. The lowest BCUT2D eigenvalue weighted by molar-refractivity contribution is -0.115. The maximum Gasteiger partial charge on any atom is 0.238 e. The molecule has 0 aliphatic heterocycles. The number of rotatable bonds is 9. The number of nitrogens with one attached hydrogen (secondary N) is 2. The molecule has 106 valence electrons. The molecule has 1 amide bonds. The van der Waals surface area contributed by atoms with E-state index in [1.54, 1.807) is 7.11 Å². The second-order valence-corrected chi connectivity index (χ2v) is 4.07. The van der Waals surface area contributed by atoms with E-state index in [9.17, 15) is 4.79 Å². The molecule has 5 nitrogen and oxygen atoms in total. The van der Waals surface area contributed by atoms with Crippen molar-refractivity contribution in [1.29, 1.82) is 0 Å². The second kappa shape index (κ2) is 9.49. The first-order chi connectivity index (χ1) is 9.26. The predicted octanol–water partition coefficient (Wildman–Crippen LogP) is 1.40. The molecule has 0 radical (unpaired) electrons. The van der Waals surface area contributed by atoms with Gasteiger partial charge < -0.3 is 20.1 Å². The van der Waals surface area contributed by atoms with Gasteiger partial charge in [0, 0.05) is 12.8 Å². The standard InChI is InChI=1S/C14H22N2O3/c1-3-15-10-14(17)16-13-6-4-5-12(9-13)11-19-8-7-18-2/h4-6,9,15H,3,7-8,10-11H2,1-2H3,(H,16,17). The highest BCUT2D eigenvalue weighted by atomic mass is 16.5. The van der Waals surface area contributed by atoms with E-state index in [0.29, 0.717) is 26.4 Å². The zero-order chi connectivity index (χ0) is 13.9. The van der Waals surface area contributed by atoms with Crippen molar-refractivity contribution in [3.8, 4) is 0 Å². The van der Waals surface area contributed by atoms with Crippen LogP contribution in [0.5, 0.6) is 0 Å². The van der Waals surface area contributed by atoms with Crippen LogP contribution in [0.1, 0.15) is 12.5 Å². The summed E-state index contributed by atoms with van der Waals surface area (Å²) in [6, 6.07) is 7.64. The number of methoxy groups -OCH3 is 1. The minimum Gasteiger partial charge on any atom is -0.382 e. The van der Waals surface area contributed by atoms with Crippen LogP contribution in [0.3, 0.4) is 0 Å². The van der Waals surface area contributed by atoms with E-state index in [1.807, 2.05) is 31.2 Å². The van der Waals surface area contributed by atoms with E-state index in [-0.39, 0.29) is 5.91 Å².